The number of aromatic nitrogens is 1. The van der Waals surface area contributed by atoms with Gasteiger partial charge in [-0.1, -0.05) is 18.3 Å². The predicted molar refractivity (Wildman–Crippen MR) is 74.7 cm³/mol. The summed E-state index contributed by atoms with van der Waals surface area (Å²) in [6, 6.07) is 0.548. The molecule has 18 heavy (non-hydrogen) atoms. The van der Waals surface area contributed by atoms with Crippen LogP contribution in [0.25, 0.3) is 0 Å². The fourth-order valence-electron chi connectivity index (χ4n) is 2.88. The van der Waals surface area contributed by atoms with Crippen molar-refractivity contribution >= 4 is 22.8 Å². The van der Waals surface area contributed by atoms with E-state index in [9.17, 15) is 4.79 Å². The molecule has 1 aromatic rings. The first kappa shape index (κ1) is 12.2. The molecule has 1 saturated carbocycles. The third-order valence-electron chi connectivity index (χ3n) is 4.12. The van der Waals surface area contributed by atoms with Gasteiger partial charge in [-0.3, -0.25) is 4.79 Å². The van der Waals surface area contributed by atoms with E-state index in [4.69, 9.17) is 4.98 Å². The highest BCUT2D eigenvalue weighted by molar-refractivity contribution is 7.17. The van der Waals surface area contributed by atoms with E-state index < -0.39 is 0 Å². The molecule has 0 N–H and O–H groups in total. The summed E-state index contributed by atoms with van der Waals surface area (Å²) in [5, 5.41) is 1.07. The van der Waals surface area contributed by atoms with E-state index in [-0.39, 0.29) is 0 Å². The van der Waals surface area contributed by atoms with Crippen LogP contribution in [0.1, 0.15) is 60.8 Å². The Morgan fingerprint density at radius 1 is 1.33 bits per heavy atom. The fourth-order valence-corrected chi connectivity index (χ4v) is 3.97. The molecule has 2 unspecified atom stereocenters. The van der Waals surface area contributed by atoms with Crippen LogP contribution in [-0.4, -0.2) is 23.9 Å². The van der Waals surface area contributed by atoms with Crippen LogP contribution < -0.4 is 4.90 Å². The lowest BCUT2D eigenvalue weighted by Crippen LogP contribution is -2.40. The second kappa shape index (κ2) is 4.65. The van der Waals surface area contributed by atoms with E-state index in [1.54, 1.807) is 11.3 Å². The Labute approximate surface area is 112 Å². The second-order valence-electron chi connectivity index (χ2n) is 5.81. The fraction of sp³-hybridized carbons (Fsp3) is 0.714. The summed E-state index contributed by atoms with van der Waals surface area (Å²) in [6.07, 6.45) is 5.87. The van der Waals surface area contributed by atoms with Crippen molar-refractivity contribution in [3.63, 3.8) is 0 Å². The maximum Gasteiger partial charge on any atom is 0.186 e. The van der Waals surface area contributed by atoms with Crippen LogP contribution in [0.4, 0.5) is 5.13 Å². The Kier molecular flexibility index (Phi) is 3.14. The molecule has 1 saturated heterocycles. The van der Waals surface area contributed by atoms with Gasteiger partial charge < -0.3 is 4.90 Å². The van der Waals surface area contributed by atoms with Crippen molar-refractivity contribution < 1.29 is 4.79 Å². The second-order valence-corrected chi connectivity index (χ2v) is 6.82. The molecule has 3 nitrogen and oxygen atoms in total. The number of hydrogen-bond acceptors (Lipinski definition) is 4. The molecule has 2 fully saturated rings. The third kappa shape index (κ3) is 2.18. The molecule has 2 atom stereocenters. The minimum atomic E-state index is 0.548. The first-order valence-electron chi connectivity index (χ1n) is 6.91. The molecule has 1 aliphatic carbocycles. The van der Waals surface area contributed by atoms with Gasteiger partial charge in [0.1, 0.15) is 0 Å². The summed E-state index contributed by atoms with van der Waals surface area (Å²) in [6.45, 7) is 5.68. The van der Waals surface area contributed by atoms with Crippen LogP contribution in [0.5, 0.6) is 0 Å². The van der Waals surface area contributed by atoms with Crippen LogP contribution in [0, 0.1) is 5.92 Å². The predicted octanol–water partition coefficient (Wildman–Crippen LogP) is 3.46. The molecule has 0 spiro atoms. The summed E-state index contributed by atoms with van der Waals surface area (Å²) in [5.74, 6) is 1.37. The van der Waals surface area contributed by atoms with Crippen molar-refractivity contribution in [1.29, 1.82) is 0 Å². The van der Waals surface area contributed by atoms with E-state index in [1.807, 2.05) is 0 Å². The van der Waals surface area contributed by atoms with Gasteiger partial charge >= 0.3 is 0 Å². The number of piperidine rings is 1. The Balaban J connectivity index is 1.85. The van der Waals surface area contributed by atoms with Crippen molar-refractivity contribution in [1.82, 2.24) is 4.98 Å². The molecule has 0 radical (unpaired) electrons. The van der Waals surface area contributed by atoms with Gasteiger partial charge in [-0.2, -0.15) is 0 Å². The molecule has 3 rings (SSSR count). The van der Waals surface area contributed by atoms with E-state index in [0.29, 0.717) is 12.0 Å². The van der Waals surface area contributed by atoms with Crippen LogP contribution in [0.15, 0.2) is 0 Å². The van der Waals surface area contributed by atoms with Gasteiger partial charge in [0.05, 0.1) is 10.6 Å². The molecule has 0 bridgehead atoms. The van der Waals surface area contributed by atoms with E-state index in [0.717, 1.165) is 34.5 Å². The Hall–Kier alpha value is -0.900. The average molecular weight is 264 g/mol. The van der Waals surface area contributed by atoms with Crippen molar-refractivity contribution in [2.45, 2.75) is 51.5 Å². The minimum absolute atomic E-state index is 0.548. The zero-order valence-electron chi connectivity index (χ0n) is 11.1. The maximum absolute atomic E-state index is 11.1. The highest BCUT2D eigenvalue weighted by Crippen LogP contribution is 2.44. The maximum atomic E-state index is 11.1. The number of carbonyl (C=O) groups excluding carboxylic acids is 1. The SMILES string of the molecule is CC1CCN(c2nc(C3CC3)c(C=O)s2)C(C)C1. The summed E-state index contributed by atoms with van der Waals surface area (Å²) >= 11 is 1.59. The van der Waals surface area contributed by atoms with Gasteiger partial charge in [-0.25, -0.2) is 4.98 Å². The molecule has 0 aromatic carbocycles. The van der Waals surface area contributed by atoms with E-state index in [2.05, 4.69) is 18.7 Å². The van der Waals surface area contributed by atoms with Crippen LogP contribution in [-0.2, 0) is 0 Å². The monoisotopic (exact) mass is 264 g/mol. The number of nitrogens with zero attached hydrogens (tertiary/aromatic N) is 2. The highest BCUT2D eigenvalue weighted by Gasteiger charge is 2.32. The Bertz CT molecular complexity index is 453. The quantitative estimate of drug-likeness (QED) is 0.784. The zero-order valence-corrected chi connectivity index (χ0v) is 11.9. The molecule has 4 heteroatoms. The van der Waals surface area contributed by atoms with Gasteiger partial charge in [0.15, 0.2) is 11.4 Å². The van der Waals surface area contributed by atoms with Gasteiger partial charge in [-0.05, 0) is 38.5 Å². The Morgan fingerprint density at radius 3 is 2.72 bits per heavy atom. The van der Waals surface area contributed by atoms with Crippen molar-refractivity contribution in [3.8, 4) is 0 Å². The first-order valence-corrected chi connectivity index (χ1v) is 7.73. The normalized spacial score (nSPS) is 28.4. The molecule has 1 aliphatic heterocycles. The highest BCUT2D eigenvalue weighted by atomic mass is 32.1. The molecular weight excluding hydrogens is 244 g/mol. The molecule has 2 heterocycles. The lowest BCUT2D eigenvalue weighted by molar-refractivity contribution is 0.112. The zero-order chi connectivity index (χ0) is 12.7. The molecule has 98 valence electrons. The summed E-state index contributed by atoms with van der Waals surface area (Å²) in [7, 11) is 0. The number of rotatable bonds is 3. The lowest BCUT2D eigenvalue weighted by atomic mass is 9.94. The van der Waals surface area contributed by atoms with Gasteiger partial charge in [0.2, 0.25) is 0 Å². The largest absolute Gasteiger partial charge is 0.345 e. The van der Waals surface area contributed by atoms with E-state index >= 15 is 0 Å². The Morgan fingerprint density at radius 2 is 2.11 bits per heavy atom. The molecular formula is C14H20N2OS. The standard InChI is InChI=1S/C14H20N2OS/c1-9-5-6-16(10(2)7-9)14-15-13(11-3-4-11)12(8-17)18-14/h8-11H,3-7H2,1-2H3. The number of hydrogen-bond donors (Lipinski definition) is 0. The number of anilines is 1. The molecule has 0 amide bonds. The first-order chi connectivity index (χ1) is 8.69. The lowest BCUT2D eigenvalue weighted by Gasteiger charge is -2.36. The van der Waals surface area contributed by atoms with Crippen LogP contribution in [0.3, 0.4) is 0 Å². The molecule has 1 aromatic heterocycles. The van der Waals surface area contributed by atoms with Crippen molar-refractivity contribution in [2.75, 3.05) is 11.4 Å². The van der Waals surface area contributed by atoms with Crippen LogP contribution >= 0.6 is 11.3 Å². The van der Waals surface area contributed by atoms with Crippen LogP contribution in [0.2, 0.25) is 0 Å². The number of aldehydes is 1. The van der Waals surface area contributed by atoms with Gasteiger partial charge in [0, 0.05) is 18.5 Å². The number of thiazole rings is 1. The topological polar surface area (TPSA) is 33.2 Å². The summed E-state index contributed by atoms with van der Waals surface area (Å²) in [5.41, 5.74) is 1.07. The number of carbonyl (C=O) groups is 1. The summed E-state index contributed by atoms with van der Waals surface area (Å²) in [4.78, 5) is 19.1. The minimum Gasteiger partial charge on any atom is -0.345 e. The molecule has 2 aliphatic rings. The average Bonchev–Trinajstić information content (AvgIpc) is 3.10. The van der Waals surface area contributed by atoms with Gasteiger partial charge in [0.25, 0.3) is 0 Å². The van der Waals surface area contributed by atoms with Gasteiger partial charge in [-0.15, -0.1) is 0 Å². The van der Waals surface area contributed by atoms with E-state index in [1.165, 1.54) is 25.7 Å². The third-order valence-corrected chi connectivity index (χ3v) is 5.16. The van der Waals surface area contributed by atoms with Crippen molar-refractivity contribution in [3.05, 3.63) is 10.6 Å². The van der Waals surface area contributed by atoms with Crippen molar-refractivity contribution in [2.24, 2.45) is 5.92 Å². The smallest absolute Gasteiger partial charge is 0.186 e. The summed E-state index contributed by atoms with van der Waals surface area (Å²) < 4.78 is 0.